The van der Waals surface area contributed by atoms with Gasteiger partial charge in [0.1, 0.15) is 0 Å². The second-order valence-corrected chi connectivity index (χ2v) is 4.13. The van der Waals surface area contributed by atoms with Crippen LogP contribution in [0.2, 0.25) is 0 Å². The van der Waals surface area contributed by atoms with Crippen LogP contribution in [0.4, 0.5) is 11.5 Å². The van der Waals surface area contributed by atoms with Crippen LogP contribution in [-0.2, 0) is 4.74 Å². The molecule has 1 aliphatic heterocycles. The highest BCUT2D eigenvalue weighted by molar-refractivity contribution is 5.91. The number of nitro benzene ring substituents is 1. The largest absolute Gasteiger partial charge is 0.378 e. The van der Waals surface area contributed by atoms with Gasteiger partial charge in [-0.1, -0.05) is 0 Å². The van der Waals surface area contributed by atoms with E-state index in [-0.39, 0.29) is 5.69 Å². The third kappa shape index (κ3) is 1.78. The van der Waals surface area contributed by atoms with E-state index in [9.17, 15) is 10.1 Å². The Balaban J connectivity index is 2.01. The molecule has 3 rings (SSSR count). The van der Waals surface area contributed by atoms with Crippen molar-refractivity contribution in [3.8, 4) is 0 Å². The van der Waals surface area contributed by atoms with Gasteiger partial charge in [-0.3, -0.25) is 15.2 Å². The van der Waals surface area contributed by atoms with Crippen LogP contribution >= 0.6 is 0 Å². The fraction of sp³-hybridized carbons (Fsp3) is 0.364. The average molecular weight is 248 g/mol. The topological polar surface area (TPSA) is 84.3 Å². The van der Waals surface area contributed by atoms with Crippen LogP contribution in [0.25, 0.3) is 10.9 Å². The van der Waals surface area contributed by atoms with Crippen LogP contribution < -0.4 is 4.90 Å². The minimum Gasteiger partial charge on any atom is -0.378 e. The van der Waals surface area contributed by atoms with Gasteiger partial charge in [0.2, 0.25) is 0 Å². The zero-order valence-electron chi connectivity index (χ0n) is 9.63. The number of rotatable bonds is 2. The summed E-state index contributed by atoms with van der Waals surface area (Å²) in [5.41, 5.74) is 0.755. The maximum absolute atomic E-state index is 10.7. The number of non-ortho nitro benzene ring substituents is 1. The molecule has 2 heterocycles. The fourth-order valence-corrected chi connectivity index (χ4v) is 2.12. The van der Waals surface area contributed by atoms with E-state index in [1.807, 2.05) is 0 Å². The molecule has 0 amide bonds. The SMILES string of the molecule is O=[N+]([O-])c1ccc2c(N3CCOCC3)n[nH]c2c1. The summed E-state index contributed by atoms with van der Waals surface area (Å²) in [6.45, 7) is 2.94. The van der Waals surface area contributed by atoms with Crippen LogP contribution in [0.5, 0.6) is 0 Å². The molecule has 0 bridgehead atoms. The maximum Gasteiger partial charge on any atom is 0.271 e. The van der Waals surface area contributed by atoms with Crippen LogP contribution in [-0.4, -0.2) is 41.4 Å². The van der Waals surface area contributed by atoms with E-state index in [0.29, 0.717) is 18.7 Å². The number of nitrogens with one attached hydrogen (secondary N) is 1. The summed E-state index contributed by atoms with van der Waals surface area (Å²) in [6, 6.07) is 4.75. The lowest BCUT2D eigenvalue weighted by Gasteiger charge is -2.26. The zero-order valence-corrected chi connectivity index (χ0v) is 9.63. The standard InChI is InChI=1S/C11H12N4O3/c16-15(17)8-1-2-9-10(7-8)12-13-11(9)14-3-5-18-6-4-14/h1-2,7H,3-6H2,(H,12,13). The summed E-state index contributed by atoms with van der Waals surface area (Å²) >= 11 is 0. The number of H-pyrrole nitrogens is 1. The molecule has 7 nitrogen and oxygen atoms in total. The number of fused-ring (bicyclic) bond motifs is 1. The Bertz CT molecular complexity index is 589. The van der Waals surface area contributed by atoms with Gasteiger partial charge in [0, 0.05) is 30.6 Å². The Labute approximate surface area is 102 Å². The van der Waals surface area contributed by atoms with Crippen molar-refractivity contribution in [2.75, 3.05) is 31.2 Å². The molecule has 0 atom stereocenters. The van der Waals surface area contributed by atoms with Crippen molar-refractivity contribution in [2.45, 2.75) is 0 Å². The summed E-state index contributed by atoms with van der Waals surface area (Å²) in [6.07, 6.45) is 0. The molecule has 1 fully saturated rings. The van der Waals surface area contributed by atoms with E-state index in [0.717, 1.165) is 24.3 Å². The summed E-state index contributed by atoms with van der Waals surface area (Å²) in [4.78, 5) is 12.4. The van der Waals surface area contributed by atoms with Gasteiger partial charge >= 0.3 is 0 Å². The molecule has 0 saturated carbocycles. The minimum atomic E-state index is -0.408. The van der Waals surface area contributed by atoms with Gasteiger partial charge in [-0.25, -0.2) is 0 Å². The lowest BCUT2D eigenvalue weighted by atomic mass is 10.2. The number of morpholine rings is 1. The van der Waals surface area contributed by atoms with Gasteiger partial charge in [0.25, 0.3) is 5.69 Å². The number of aromatic amines is 1. The van der Waals surface area contributed by atoms with Gasteiger partial charge in [-0.05, 0) is 6.07 Å². The average Bonchev–Trinajstić information content (AvgIpc) is 2.82. The Morgan fingerprint density at radius 2 is 2.17 bits per heavy atom. The van der Waals surface area contributed by atoms with Crippen LogP contribution in [0.1, 0.15) is 0 Å². The third-order valence-electron chi connectivity index (χ3n) is 3.05. The number of nitro groups is 1. The van der Waals surface area contributed by atoms with Crippen molar-refractivity contribution in [3.63, 3.8) is 0 Å². The van der Waals surface area contributed by atoms with Crippen molar-refractivity contribution >= 4 is 22.4 Å². The third-order valence-corrected chi connectivity index (χ3v) is 3.05. The van der Waals surface area contributed by atoms with Gasteiger partial charge < -0.3 is 9.64 Å². The smallest absolute Gasteiger partial charge is 0.271 e. The zero-order chi connectivity index (χ0) is 12.5. The first-order chi connectivity index (χ1) is 8.75. The van der Waals surface area contributed by atoms with Crippen molar-refractivity contribution < 1.29 is 9.66 Å². The highest BCUT2D eigenvalue weighted by Gasteiger charge is 2.18. The molecule has 7 heteroatoms. The van der Waals surface area contributed by atoms with E-state index in [4.69, 9.17) is 4.74 Å². The number of hydrogen-bond acceptors (Lipinski definition) is 5. The number of benzene rings is 1. The second-order valence-electron chi connectivity index (χ2n) is 4.13. The number of anilines is 1. The highest BCUT2D eigenvalue weighted by Crippen LogP contribution is 2.27. The first-order valence-corrected chi connectivity index (χ1v) is 5.71. The quantitative estimate of drug-likeness (QED) is 0.639. The minimum absolute atomic E-state index is 0.0691. The molecule has 0 spiro atoms. The van der Waals surface area contributed by atoms with Crippen molar-refractivity contribution in [2.24, 2.45) is 0 Å². The summed E-state index contributed by atoms with van der Waals surface area (Å²) < 4.78 is 5.29. The molecule has 0 unspecified atom stereocenters. The fourth-order valence-electron chi connectivity index (χ4n) is 2.12. The summed E-state index contributed by atoms with van der Waals surface area (Å²) in [5, 5.41) is 18.7. The molecule has 18 heavy (non-hydrogen) atoms. The van der Waals surface area contributed by atoms with E-state index >= 15 is 0 Å². The lowest BCUT2D eigenvalue weighted by Crippen LogP contribution is -2.36. The molecule has 1 N–H and O–H groups in total. The molecule has 0 aliphatic carbocycles. The Morgan fingerprint density at radius 1 is 1.39 bits per heavy atom. The van der Waals surface area contributed by atoms with Gasteiger partial charge in [-0.15, -0.1) is 0 Å². The predicted octanol–water partition coefficient (Wildman–Crippen LogP) is 1.31. The molecule has 1 aliphatic rings. The molecular weight excluding hydrogens is 236 g/mol. The molecule has 0 radical (unpaired) electrons. The van der Waals surface area contributed by atoms with E-state index in [1.165, 1.54) is 12.1 Å². The second kappa shape index (κ2) is 4.26. The first-order valence-electron chi connectivity index (χ1n) is 5.71. The number of nitrogens with zero attached hydrogens (tertiary/aromatic N) is 3. The van der Waals surface area contributed by atoms with Crippen LogP contribution in [0, 0.1) is 10.1 Å². The van der Waals surface area contributed by atoms with Crippen molar-refractivity contribution in [1.82, 2.24) is 10.2 Å². The highest BCUT2D eigenvalue weighted by atomic mass is 16.6. The van der Waals surface area contributed by atoms with E-state index in [2.05, 4.69) is 15.1 Å². The molecule has 2 aromatic rings. The molecule has 94 valence electrons. The van der Waals surface area contributed by atoms with Gasteiger partial charge in [0.15, 0.2) is 5.82 Å². The lowest BCUT2D eigenvalue weighted by molar-refractivity contribution is -0.384. The number of aromatic nitrogens is 2. The van der Waals surface area contributed by atoms with Crippen molar-refractivity contribution in [3.05, 3.63) is 28.3 Å². The summed E-state index contributed by atoms with van der Waals surface area (Å²) in [7, 11) is 0. The molecule has 1 aromatic heterocycles. The van der Waals surface area contributed by atoms with E-state index in [1.54, 1.807) is 6.07 Å². The van der Waals surface area contributed by atoms with Crippen LogP contribution in [0.3, 0.4) is 0 Å². The molecule has 1 aromatic carbocycles. The molecule has 1 saturated heterocycles. The van der Waals surface area contributed by atoms with Gasteiger partial charge in [0.05, 0.1) is 23.7 Å². The van der Waals surface area contributed by atoms with Crippen LogP contribution in [0.15, 0.2) is 18.2 Å². The van der Waals surface area contributed by atoms with E-state index < -0.39 is 4.92 Å². The normalized spacial score (nSPS) is 16.1. The predicted molar refractivity (Wildman–Crippen MR) is 65.8 cm³/mol. The monoisotopic (exact) mass is 248 g/mol. The Hall–Kier alpha value is -2.15. The first kappa shape index (κ1) is 11.0. The number of ether oxygens (including phenoxy) is 1. The molecular formula is C11H12N4O3. The number of hydrogen-bond donors (Lipinski definition) is 1. The maximum atomic E-state index is 10.7. The van der Waals surface area contributed by atoms with Crippen molar-refractivity contribution in [1.29, 1.82) is 0 Å². The Kier molecular flexibility index (Phi) is 2.60. The summed E-state index contributed by atoms with van der Waals surface area (Å²) in [5.74, 6) is 0.836. The Morgan fingerprint density at radius 3 is 2.89 bits per heavy atom. The van der Waals surface area contributed by atoms with Gasteiger partial charge in [-0.2, -0.15) is 5.10 Å².